The van der Waals surface area contributed by atoms with Crippen molar-refractivity contribution in [3.05, 3.63) is 76.1 Å². The second-order valence-electron chi connectivity index (χ2n) is 8.04. The summed E-state index contributed by atoms with van der Waals surface area (Å²) >= 11 is 4.81. The van der Waals surface area contributed by atoms with Crippen molar-refractivity contribution in [2.75, 3.05) is 13.7 Å². The molecule has 0 radical (unpaired) electrons. The zero-order chi connectivity index (χ0) is 26.1. The lowest BCUT2D eigenvalue weighted by molar-refractivity contribution is -0.384. The van der Waals surface area contributed by atoms with Crippen LogP contribution in [0.5, 0.6) is 0 Å². The fourth-order valence-corrected chi connectivity index (χ4v) is 4.37. The maximum Gasteiger partial charge on any atom is 0.277 e. The molecule has 1 aliphatic heterocycles. The number of rotatable bonds is 5. The number of nitro groups is 1. The second kappa shape index (κ2) is 9.76. The first kappa shape index (κ1) is 24.8. The number of hydrogen-bond donors (Lipinski definition) is 0. The van der Waals surface area contributed by atoms with Gasteiger partial charge in [0.15, 0.2) is 0 Å². The molecule has 1 aliphatic rings. The van der Waals surface area contributed by atoms with Crippen molar-refractivity contribution in [3.8, 4) is 0 Å². The Bertz CT molecular complexity index is 1610. The van der Waals surface area contributed by atoms with Crippen molar-refractivity contribution in [3.63, 3.8) is 0 Å². The summed E-state index contributed by atoms with van der Waals surface area (Å²) in [6.45, 7) is 0.00154. The molecule has 184 valence electrons. The van der Waals surface area contributed by atoms with Crippen LogP contribution in [0.2, 0.25) is 0 Å². The Morgan fingerprint density at radius 3 is 2.25 bits per heavy atom. The van der Waals surface area contributed by atoms with E-state index >= 15 is 0 Å². The van der Waals surface area contributed by atoms with Crippen molar-refractivity contribution in [1.82, 2.24) is 9.13 Å². The lowest BCUT2D eigenvalue weighted by Gasteiger charge is -2.11. The number of carbonyl (C=O) groups is 2. The van der Waals surface area contributed by atoms with Gasteiger partial charge in [0.1, 0.15) is 6.61 Å². The maximum atomic E-state index is 12.8. The van der Waals surface area contributed by atoms with Gasteiger partial charge in [-0.15, -0.1) is 0 Å². The van der Waals surface area contributed by atoms with Crippen LogP contribution >= 0.6 is 11.6 Å². The normalized spacial score (nSPS) is 13.2. The lowest BCUT2D eigenvalue weighted by atomic mass is 9.95. The van der Waals surface area contributed by atoms with Crippen LogP contribution in [0, 0.1) is 10.1 Å². The second-order valence-corrected chi connectivity index (χ2v) is 8.46. The van der Waals surface area contributed by atoms with E-state index in [-0.39, 0.29) is 23.4 Å². The minimum Gasteiger partial charge on any atom is -0.858 e. The van der Waals surface area contributed by atoms with Crippen LogP contribution in [0.3, 0.4) is 0 Å². The van der Waals surface area contributed by atoms with Gasteiger partial charge in [-0.1, -0.05) is 18.2 Å². The number of aryl methyl sites for hydroxylation is 2. The van der Waals surface area contributed by atoms with Gasteiger partial charge >= 0.3 is 0 Å². The maximum absolute atomic E-state index is 12.8. The number of ether oxygens (including phenoxy) is 1. The Morgan fingerprint density at radius 1 is 1.03 bits per heavy atom. The number of aromatic nitrogens is 2. The molecular weight excluding hydrogens is 488 g/mol. The minimum atomic E-state index is -0.603. The van der Waals surface area contributed by atoms with E-state index in [2.05, 4.69) is 9.73 Å². The molecule has 0 atom stereocenters. The molecule has 0 aliphatic carbocycles. The van der Waals surface area contributed by atoms with Gasteiger partial charge in [0.25, 0.3) is 11.6 Å². The molecule has 0 saturated heterocycles. The number of fused-ring (bicyclic) bond motifs is 2. The van der Waals surface area contributed by atoms with E-state index in [1.807, 2.05) is 42.1 Å². The summed E-state index contributed by atoms with van der Waals surface area (Å²) in [6, 6.07) is 12.1. The summed E-state index contributed by atoms with van der Waals surface area (Å²) in [7, 11) is 5.04. The molecule has 0 unspecified atom stereocenters. The Balaban J connectivity index is 0.000000455. The monoisotopic (exact) mass is 507 g/mol. The SMILES string of the molecule is COCC(=O)Cl.Cn1cc(C2=C(c3cn(C)c4ccccc34)C([O-])=NC2=O)c2ccc([N+](=O)[O-])cc21. The first-order chi connectivity index (χ1) is 17.1. The largest absolute Gasteiger partial charge is 0.858 e. The predicted molar refractivity (Wildman–Crippen MR) is 134 cm³/mol. The smallest absolute Gasteiger partial charge is 0.277 e. The van der Waals surface area contributed by atoms with E-state index in [0.717, 1.165) is 10.9 Å². The van der Waals surface area contributed by atoms with Crippen LogP contribution in [0.15, 0.2) is 59.9 Å². The fraction of sp³-hybridized carbons (Fsp3) is 0.160. The molecule has 11 heteroatoms. The third-order valence-electron chi connectivity index (χ3n) is 5.76. The number of nitro benzene ring substituents is 1. The van der Waals surface area contributed by atoms with E-state index in [0.29, 0.717) is 22.0 Å². The Hall–Kier alpha value is -4.28. The highest BCUT2D eigenvalue weighted by atomic mass is 35.5. The molecule has 4 aromatic rings. The predicted octanol–water partition coefficient (Wildman–Crippen LogP) is 3.19. The van der Waals surface area contributed by atoms with Crippen molar-refractivity contribution in [2.45, 2.75) is 0 Å². The molecular formula is C25H20ClN4O6-. The molecule has 2 aromatic carbocycles. The average Bonchev–Trinajstić information content (AvgIpc) is 3.44. The first-order valence-corrected chi connectivity index (χ1v) is 11.0. The van der Waals surface area contributed by atoms with Crippen molar-refractivity contribution >= 4 is 67.3 Å². The minimum absolute atomic E-state index is 0.00154. The Morgan fingerprint density at radius 2 is 1.64 bits per heavy atom. The molecule has 36 heavy (non-hydrogen) atoms. The third kappa shape index (κ3) is 4.39. The zero-order valence-corrected chi connectivity index (χ0v) is 20.3. The number of methoxy groups -OCH3 is 1. The topological polar surface area (TPSA) is 132 Å². The molecule has 0 saturated carbocycles. The molecule has 0 fully saturated rings. The molecule has 0 bridgehead atoms. The van der Waals surface area contributed by atoms with E-state index in [4.69, 9.17) is 11.6 Å². The van der Waals surface area contributed by atoms with Crippen LogP contribution in [0.1, 0.15) is 11.1 Å². The molecule has 0 spiro atoms. The Kier molecular flexibility index (Phi) is 6.73. The molecule has 10 nitrogen and oxygen atoms in total. The van der Waals surface area contributed by atoms with Gasteiger partial charge in [-0.3, -0.25) is 19.7 Å². The summed E-state index contributed by atoms with van der Waals surface area (Å²) in [6.07, 6.45) is 3.53. The highest BCUT2D eigenvalue weighted by Crippen LogP contribution is 2.39. The lowest BCUT2D eigenvalue weighted by Crippen LogP contribution is -2.17. The average molecular weight is 508 g/mol. The van der Waals surface area contributed by atoms with Crippen LogP contribution < -0.4 is 5.11 Å². The van der Waals surface area contributed by atoms with Crippen LogP contribution in [0.4, 0.5) is 5.69 Å². The fourth-order valence-electron chi connectivity index (χ4n) is 4.26. The standard InChI is InChI=1S/C22H16N4O4.C3H5ClO2/c1-24-10-15(13-5-3-4-6-17(13)24)19-20(22(28)23-21(19)27)16-11-25(2)18-9-12(26(29)30)7-8-14(16)18;1-6-2-3(4)5/h3-11H,1-2H3,(H,23,27,28);2H2,1H3/p-1. The number of non-ortho nitro benzene ring substituents is 1. The molecule has 2 aromatic heterocycles. The van der Waals surface area contributed by atoms with Crippen LogP contribution in [0.25, 0.3) is 33.0 Å². The van der Waals surface area contributed by atoms with Gasteiger partial charge in [0.2, 0.25) is 5.24 Å². The van der Waals surface area contributed by atoms with Crippen LogP contribution in [-0.4, -0.2) is 44.8 Å². The number of para-hydroxylation sites is 1. The summed E-state index contributed by atoms with van der Waals surface area (Å²) in [5.41, 5.74) is 3.12. The highest BCUT2D eigenvalue weighted by Gasteiger charge is 2.29. The third-order valence-corrected chi connectivity index (χ3v) is 5.87. The van der Waals surface area contributed by atoms with Gasteiger partial charge in [0, 0.05) is 84.6 Å². The van der Waals surface area contributed by atoms with Gasteiger partial charge < -0.3 is 19.0 Å². The van der Waals surface area contributed by atoms with E-state index < -0.39 is 22.0 Å². The number of halogens is 1. The summed E-state index contributed by atoms with van der Waals surface area (Å²) in [5, 5.41) is 24.9. The van der Waals surface area contributed by atoms with Gasteiger partial charge in [-0.2, -0.15) is 0 Å². The number of amides is 1. The van der Waals surface area contributed by atoms with Crippen molar-refractivity contribution in [1.29, 1.82) is 0 Å². The molecule has 3 heterocycles. The number of hydrogen-bond acceptors (Lipinski definition) is 6. The molecule has 1 amide bonds. The van der Waals surface area contributed by atoms with Gasteiger partial charge in [-0.05, 0) is 23.7 Å². The number of carbonyl (C=O) groups excluding carboxylic acids is 2. The first-order valence-electron chi connectivity index (χ1n) is 10.6. The quantitative estimate of drug-likeness (QED) is 0.231. The van der Waals surface area contributed by atoms with E-state index in [9.17, 15) is 24.8 Å². The zero-order valence-electron chi connectivity index (χ0n) is 19.5. The number of benzene rings is 2. The van der Waals surface area contributed by atoms with Crippen molar-refractivity contribution < 1.29 is 24.4 Å². The number of nitrogens with zero attached hydrogens (tertiary/aromatic N) is 4. The summed E-state index contributed by atoms with van der Waals surface area (Å²) in [4.78, 5) is 36.8. The Labute approximate surface area is 209 Å². The summed E-state index contributed by atoms with van der Waals surface area (Å²) in [5.74, 6) is -1.18. The van der Waals surface area contributed by atoms with Gasteiger partial charge in [0.05, 0.1) is 16.0 Å². The number of aliphatic imine (C=N–C) groups is 1. The van der Waals surface area contributed by atoms with E-state index in [1.54, 1.807) is 23.9 Å². The molecule has 5 rings (SSSR count). The van der Waals surface area contributed by atoms with Gasteiger partial charge in [-0.25, -0.2) is 4.99 Å². The van der Waals surface area contributed by atoms with Crippen LogP contribution in [-0.2, 0) is 28.4 Å². The van der Waals surface area contributed by atoms with E-state index in [1.165, 1.54) is 19.2 Å². The van der Waals surface area contributed by atoms with Crippen molar-refractivity contribution in [2.24, 2.45) is 19.1 Å². The molecule has 0 N–H and O–H groups in total. The summed E-state index contributed by atoms with van der Waals surface area (Å²) < 4.78 is 7.93. The highest BCUT2D eigenvalue weighted by molar-refractivity contribution is 6.63.